The quantitative estimate of drug-likeness (QED) is 0.300. The number of likely N-dealkylation sites (N-methyl/N-ethyl adjacent to an activating group) is 1. The number of unbranched alkanes of at least 4 members (excludes halogenated alkanes) is 1. The third-order valence-electron chi connectivity index (χ3n) is 3.95. The summed E-state index contributed by atoms with van der Waals surface area (Å²) in [4.78, 5) is 13.9. The van der Waals surface area contributed by atoms with E-state index in [0.717, 1.165) is 24.2 Å². The maximum Gasteiger partial charge on any atom is 0.378 e. The van der Waals surface area contributed by atoms with Crippen LogP contribution in [-0.2, 0) is 15.9 Å². The van der Waals surface area contributed by atoms with E-state index < -0.39 is 28.0 Å². The smallest absolute Gasteiger partial charge is 0.378 e. The minimum atomic E-state index is -1.28. The molecule has 1 aliphatic heterocycles. The Balaban J connectivity index is 1.77. The number of aromatic nitrogens is 2. The van der Waals surface area contributed by atoms with Crippen LogP contribution in [-0.4, -0.2) is 57.9 Å². The fourth-order valence-electron chi connectivity index (χ4n) is 2.60. The Bertz CT molecular complexity index is 740. The fraction of sp³-hybridized carbons (Fsp3) is 0.533. The van der Waals surface area contributed by atoms with Crippen LogP contribution in [0.5, 0.6) is 0 Å². The topological polar surface area (TPSA) is 115 Å². The number of esters is 1. The van der Waals surface area contributed by atoms with Crippen molar-refractivity contribution in [1.82, 2.24) is 19.7 Å². The molecule has 0 saturated carbocycles. The monoisotopic (exact) mass is 400 g/mol. The second-order valence-electron chi connectivity index (χ2n) is 6.07. The number of quaternary nitrogens is 1. The summed E-state index contributed by atoms with van der Waals surface area (Å²) >= 11 is -0.262. The zero-order valence-electron chi connectivity index (χ0n) is 14.5. The van der Waals surface area contributed by atoms with Crippen LogP contribution in [0.4, 0.5) is 5.13 Å². The molecule has 0 spiro atoms. The van der Waals surface area contributed by atoms with Crippen LogP contribution in [0.3, 0.4) is 0 Å². The van der Waals surface area contributed by atoms with Gasteiger partial charge in [-0.15, -0.1) is 0 Å². The highest BCUT2D eigenvalue weighted by Gasteiger charge is 2.46. The SMILES string of the molecule is CCCC[S+]([O-])c1nnc([N+]2([O-])CN(C)CC2OC(=O)c2ccco2)s1. The first kappa shape index (κ1) is 19.3. The lowest BCUT2D eigenvalue weighted by molar-refractivity contribution is 0.00247. The molecular formula is C15H20N4O5S2. The summed E-state index contributed by atoms with van der Waals surface area (Å²) in [6, 6.07) is 3.04. The largest absolute Gasteiger partial charge is 0.622 e. The van der Waals surface area contributed by atoms with Crippen molar-refractivity contribution in [3.05, 3.63) is 29.4 Å². The van der Waals surface area contributed by atoms with Gasteiger partial charge in [0, 0.05) is 22.5 Å². The standard InChI is InChI=1S/C15H20N4O5S2/c1-3-4-8-26(22)15-17-16-14(25-15)19(21)10-18(2)9-12(19)24-13(20)11-6-5-7-23-11/h5-7,12H,3-4,8-10H2,1-2H3. The lowest BCUT2D eigenvalue weighted by Gasteiger charge is -2.37. The number of carbonyl (C=O) groups is 1. The molecule has 1 aliphatic rings. The third kappa shape index (κ3) is 3.92. The van der Waals surface area contributed by atoms with Crippen LogP contribution in [0.2, 0.25) is 0 Å². The molecule has 1 fully saturated rings. The molecule has 0 amide bonds. The fourth-order valence-corrected chi connectivity index (χ4v) is 4.95. The summed E-state index contributed by atoms with van der Waals surface area (Å²) in [5, 5.41) is 21.4. The first-order valence-electron chi connectivity index (χ1n) is 8.18. The first-order valence-corrected chi connectivity index (χ1v) is 10.3. The Morgan fingerprint density at radius 1 is 1.58 bits per heavy atom. The Labute approximate surface area is 157 Å². The molecule has 1 saturated heterocycles. The van der Waals surface area contributed by atoms with Crippen molar-refractivity contribution >= 4 is 33.6 Å². The van der Waals surface area contributed by atoms with Crippen LogP contribution < -0.4 is 4.65 Å². The molecule has 2 aromatic rings. The Morgan fingerprint density at radius 3 is 3.08 bits per heavy atom. The van der Waals surface area contributed by atoms with Crippen LogP contribution in [0.15, 0.2) is 27.2 Å². The van der Waals surface area contributed by atoms with Crippen molar-refractivity contribution in [2.75, 3.05) is 26.0 Å². The molecule has 9 nitrogen and oxygen atoms in total. The van der Waals surface area contributed by atoms with Gasteiger partial charge in [0.1, 0.15) is 12.4 Å². The average Bonchev–Trinajstić information content (AvgIpc) is 3.34. The Kier molecular flexibility index (Phi) is 5.95. The summed E-state index contributed by atoms with van der Waals surface area (Å²) in [6.07, 6.45) is 2.10. The molecule has 3 heterocycles. The highest BCUT2D eigenvalue weighted by Crippen LogP contribution is 2.35. The highest BCUT2D eigenvalue weighted by molar-refractivity contribution is 7.93. The van der Waals surface area contributed by atoms with E-state index in [1.165, 1.54) is 12.3 Å². The first-order chi connectivity index (χ1) is 12.4. The number of hydrogen-bond acceptors (Lipinski definition) is 9. The second kappa shape index (κ2) is 8.03. The van der Waals surface area contributed by atoms with Crippen molar-refractivity contribution in [1.29, 1.82) is 0 Å². The van der Waals surface area contributed by atoms with Crippen LogP contribution >= 0.6 is 11.3 Å². The van der Waals surface area contributed by atoms with E-state index in [9.17, 15) is 14.6 Å². The molecular weight excluding hydrogens is 380 g/mol. The van der Waals surface area contributed by atoms with E-state index in [4.69, 9.17) is 9.15 Å². The van der Waals surface area contributed by atoms with Crippen LogP contribution in [0.1, 0.15) is 30.3 Å². The van der Waals surface area contributed by atoms with Gasteiger partial charge in [0.15, 0.2) is 0 Å². The number of carbonyl (C=O) groups excluding carboxylic acids is 1. The van der Waals surface area contributed by atoms with Gasteiger partial charge in [-0.3, -0.25) is 4.65 Å². The summed E-state index contributed by atoms with van der Waals surface area (Å²) < 4.78 is 22.0. The maximum atomic E-state index is 13.4. The van der Waals surface area contributed by atoms with Gasteiger partial charge in [0.05, 0.1) is 12.8 Å². The highest BCUT2D eigenvalue weighted by atomic mass is 32.2. The zero-order valence-corrected chi connectivity index (χ0v) is 16.1. The molecule has 0 radical (unpaired) electrons. The van der Waals surface area contributed by atoms with Crippen molar-refractivity contribution in [3.8, 4) is 0 Å². The molecule has 3 rings (SSSR count). The van der Waals surface area contributed by atoms with Crippen LogP contribution in [0, 0.1) is 5.21 Å². The van der Waals surface area contributed by atoms with Gasteiger partial charge in [-0.25, -0.2) is 9.69 Å². The Hall–Kier alpha value is -1.50. The van der Waals surface area contributed by atoms with Gasteiger partial charge in [0.25, 0.3) is 6.23 Å². The summed E-state index contributed by atoms with van der Waals surface area (Å²) in [5.74, 6) is -0.185. The van der Waals surface area contributed by atoms with Crippen molar-refractivity contribution in [3.63, 3.8) is 0 Å². The number of nitrogens with zero attached hydrogens (tertiary/aromatic N) is 4. The molecule has 2 aromatic heterocycles. The van der Waals surface area contributed by atoms with Gasteiger partial charge in [-0.05, 0) is 25.6 Å². The van der Waals surface area contributed by atoms with E-state index >= 15 is 0 Å². The van der Waals surface area contributed by atoms with E-state index in [1.54, 1.807) is 18.0 Å². The molecule has 0 aliphatic carbocycles. The van der Waals surface area contributed by atoms with Crippen molar-refractivity contribution in [2.24, 2.45) is 0 Å². The molecule has 26 heavy (non-hydrogen) atoms. The van der Waals surface area contributed by atoms with Crippen molar-refractivity contribution < 1.29 is 18.5 Å². The zero-order chi connectivity index (χ0) is 18.7. The normalized spacial score (nSPS) is 24.7. The number of hydrogen-bond donors (Lipinski definition) is 0. The van der Waals surface area contributed by atoms with Gasteiger partial charge in [-0.1, -0.05) is 23.5 Å². The van der Waals surface area contributed by atoms with Crippen LogP contribution in [0.25, 0.3) is 0 Å². The Morgan fingerprint density at radius 2 is 2.38 bits per heavy atom. The van der Waals surface area contributed by atoms with E-state index in [-0.39, 0.29) is 24.1 Å². The number of rotatable bonds is 7. The van der Waals surface area contributed by atoms with Crippen molar-refractivity contribution in [2.45, 2.75) is 30.3 Å². The molecule has 3 atom stereocenters. The predicted octanol–water partition coefficient (Wildman–Crippen LogP) is 1.93. The van der Waals surface area contributed by atoms with Gasteiger partial charge in [-0.2, -0.15) is 0 Å². The summed E-state index contributed by atoms with van der Waals surface area (Å²) in [5.41, 5.74) is 0. The molecule has 0 bridgehead atoms. The predicted molar refractivity (Wildman–Crippen MR) is 96.7 cm³/mol. The lowest BCUT2D eigenvalue weighted by Crippen LogP contribution is -2.50. The number of hydroxylamine groups is 2. The van der Waals surface area contributed by atoms with Gasteiger partial charge in [0.2, 0.25) is 5.76 Å². The second-order valence-corrected chi connectivity index (χ2v) is 8.77. The molecule has 142 valence electrons. The third-order valence-corrected chi connectivity index (χ3v) is 6.72. The number of furan rings is 1. The van der Waals surface area contributed by atoms with E-state index in [0.29, 0.717) is 10.1 Å². The lowest BCUT2D eigenvalue weighted by atomic mass is 10.4. The summed E-state index contributed by atoms with van der Waals surface area (Å²) in [6.45, 7) is 2.33. The molecule has 3 unspecified atom stereocenters. The minimum Gasteiger partial charge on any atom is -0.622 e. The van der Waals surface area contributed by atoms with E-state index in [2.05, 4.69) is 10.2 Å². The number of ether oxygens (including phenoxy) is 1. The molecule has 0 N–H and O–H groups in total. The van der Waals surface area contributed by atoms with E-state index in [1.807, 2.05) is 6.92 Å². The van der Waals surface area contributed by atoms with Gasteiger partial charge < -0.3 is 18.9 Å². The molecule has 0 aromatic carbocycles. The molecule has 11 heteroatoms. The maximum absolute atomic E-state index is 13.4. The van der Waals surface area contributed by atoms with Gasteiger partial charge >= 0.3 is 15.4 Å². The summed E-state index contributed by atoms with van der Waals surface area (Å²) in [7, 11) is 1.76. The minimum absolute atomic E-state index is 0.0322. The average molecular weight is 400 g/mol.